The van der Waals surface area contributed by atoms with Crippen LogP contribution in [0.3, 0.4) is 0 Å². The zero-order chi connectivity index (χ0) is 18.8. The van der Waals surface area contributed by atoms with Gasteiger partial charge in [0.15, 0.2) is 5.58 Å². The van der Waals surface area contributed by atoms with Gasteiger partial charge in [0.1, 0.15) is 11.3 Å². The van der Waals surface area contributed by atoms with Crippen LogP contribution >= 0.6 is 11.6 Å². The fraction of sp³-hybridized carbons (Fsp3) is 0.0476. The summed E-state index contributed by atoms with van der Waals surface area (Å²) in [6.07, 6.45) is 0. The van der Waals surface area contributed by atoms with Gasteiger partial charge in [-0.15, -0.1) is 0 Å². The van der Waals surface area contributed by atoms with Gasteiger partial charge in [-0.2, -0.15) is 0 Å². The predicted molar refractivity (Wildman–Crippen MR) is 105 cm³/mol. The normalized spacial score (nSPS) is 10.7. The summed E-state index contributed by atoms with van der Waals surface area (Å²) in [5.74, 6) is 1.06. The molecule has 4 aromatic rings. The Morgan fingerprint density at radius 1 is 1.04 bits per heavy atom. The van der Waals surface area contributed by atoms with Crippen LogP contribution in [0, 0.1) is 0 Å². The third-order valence-corrected chi connectivity index (χ3v) is 4.34. The minimum absolute atomic E-state index is 0.218. The molecule has 0 aliphatic heterocycles. The Balaban J connectivity index is 1.58. The summed E-state index contributed by atoms with van der Waals surface area (Å²) in [6.45, 7) is 0. The summed E-state index contributed by atoms with van der Waals surface area (Å²) in [5, 5.41) is 3.44. The van der Waals surface area contributed by atoms with Crippen molar-refractivity contribution in [3.63, 3.8) is 0 Å². The Morgan fingerprint density at radius 2 is 1.78 bits per heavy atom. The summed E-state index contributed by atoms with van der Waals surface area (Å²) in [7, 11) is 1.62. The molecule has 134 valence electrons. The second-order valence-corrected chi connectivity index (χ2v) is 6.33. The number of halogens is 1. The molecule has 5 nitrogen and oxygen atoms in total. The number of benzene rings is 3. The van der Waals surface area contributed by atoms with E-state index in [2.05, 4.69) is 10.3 Å². The first-order valence-corrected chi connectivity index (χ1v) is 8.62. The number of fused-ring (bicyclic) bond motifs is 1. The Labute approximate surface area is 160 Å². The molecule has 0 aliphatic carbocycles. The van der Waals surface area contributed by atoms with E-state index in [1.807, 2.05) is 24.3 Å². The molecule has 0 bridgehead atoms. The van der Waals surface area contributed by atoms with Crippen LogP contribution in [-0.2, 0) is 0 Å². The van der Waals surface area contributed by atoms with Crippen LogP contribution in [0.5, 0.6) is 5.75 Å². The van der Waals surface area contributed by atoms with E-state index in [9.17, 15) is 4.79 Å². The topological polar surface area (TPSA) is 64.4 Å². The summed E-state index contributed by atoms with van der Waals surface area (Å²) >= 11 is 5.85. The van der Waals surface area contributed by atoms with Gasteiger partial charge in [-0.3, -0.25) is 4.79 Å². The molecule has 4 rings (SSSR count). The molecule has 1 aromatic heterocycles. The number of nitrogens with zero attached hydrogens (tertiary/aromatic N) is 1. The first-order chi connectivity index (χ1) is 13.1. The smallest absolute Gasteiger partial charge is 0.255 e. The summed E-state index contributed by atoms with van der Waals surface area (Å²) < 4.78 is 11.0. The summed E-state index contributed by atoms with van der Waals surface area (Å²) in [4.78, 5) is 16.9. The number of ether oxygens (including phenoxy) is 1. The van der Waals surface area contributed by atoms with Crippen molar-refractivity contribution >= 4 is 34.3 Å². The van der Waals surface area contributed by atoms with Crippen molar-refractivity contribution in [3.05, 3.63) is 77.3 Å². The molecule has 3 aromatic carbocycles. The molecular formula is C21H15ClN2O3. The first kappa shape index (κ1) is 17.1. The Morgan fingerprint density at radius 3 is 2.48 bits per heavy atom. The molecule has 0 spiro atoms. The number of carbonyl (C=O) groups is 1. The number of carbonyl (C=O) groups excluding carboxylic acids is 1. The highest BCUT2D eigenvalue weighted by Crippen LogP contribution is 2.27. The van der Waals surface area contributed by atoms with Gasteiger partial charge in [-0.1, -0.05) is 11.6 Å². The Hall–Kier alpha value is -3.31. The number of amides is 1. The maximum atomic E-state index is 12.3. The fourth-order valence-corrected chi connectivity index (χ4v) is 2.79. The molecule has 0 fully saturated rings. The molecule has 0 radical (unpaired) electrons. The average molecular weight is 379 g/mol. The maximum absolute atomic E-state index is 12.3. The van der Waals surface area contributed by atoms with Crippen molar-refractivity contribution in [1.29, 1.82) is 0 Å². The van der Waals surface area contributed by atoms with E-state index in [0.717, 1.165) is 11.3 Å². The molecule has 0 saturated carbocycles. The number of aromatic nitrogens is 1. The Bertz CT molecular complexity index is 1100. The molecular weight excluding hydrogens is 364 g/mol. The molecule has 27 heavy (non-hydrogen) atoms. The first-order valence-electron chi connectivity index (χ1n) is 8.24. The quantitative estimate of drug-likeness (QED) is 0.515. The highest BCUT2D eigenvalue weighted by molar-refractivity contribution is 6.30. The van der Waals surface area contributed by atoms with Crippen LogP contribution in [0.2, 0.25) is 5.02 Å². The van der Waals surface area contributed by atoms with Crippen LogP contribution < -0.4 is 10.1 Å². The van der Waals surface area contributed by atoms with Crippen LogP contribution in [-0.4, -0.2) is 18.0 Å². The van der Waals surface area contributed by atoms with E-state index in [0.29, 0.717) is 33.3 Å². The van der Waals surface area contributed by atoms with Crippen molar-refractivity contribution in [3.8, 4) is 17.2 Å². The number of methoxy groups -OCH3 is 1. The maximum Gasteiger partial charge on any atom is 0.255 e. The molecule has 0 atom stereocenters. The zero-order valence-corrected chi connectivity index (χ0v) is 15.2. The van der Waals surface area contributed by atoms with E-state index >= 15 is 0 Å². The number of oxazole rings is 1. The monoisotopic (exact) mass is 378 g/mol. The molecule has 1 heterocycles. The molecule has 0 aliphatic rings. The van der Waals surface area contributed by atoms with E-state index in [1.165, 1.54) is 0 Å². The van der Waals surface area contributed by atoms with Gasteiger partial charge < -0.3 is 14.5 Å². The molecule has 0 unspecified atom stereocenters. The highest BCUT2D eigenvalue weighted by Gasteiger charge is 2.11. The fourth-order valence-electron chi connectivity index (χ4n) is 2.67. The lowest BCUT2D eigenvalue weighted by atomic mass is 10.2. The number of hydrogen-bond donors (Lipinski definition) is 1. The van der Waals surface area contributed by atoms with Crippen molar-refractivity contribution in [2.75, 3.05) is 12.4 Å². The van der Waals surface area contributed by atoms with Gasteiger partial charge in [-0.25, -0.2) is 4.98 Å². The van der Waals surface area contributed by atoms with Gasteiger partial charge in [0.05, 0.1) is 7.11 Å². The van der Waals surface area contributed by atoms with Gasteiger partial charge >= 0.3 is 0 Å². The Kier molecular flexibility index (Phi) is 4.52. The van der Waals surface area contributed by atoms with Crippen LogP contribution in [0.15, 0.2) is 71.1 Å². The van der Waals surface area contributed by atoms with Crippen LogP contribution in [0.1, 0.15) is 10.4 Å². The van der Waals surface area contributed by atoms with Crippen LogP contribution in [0.4, 0.5) is 5.69 Å². The standard InChI is InChI=1S/C21H15ClN2O3/c1-26-17-9-4-14(5-10-17)21-24-18-12-16(8-11-19(18)27-21)23-20(25)13-2-6-15(22)7-3-13/h2-12H,1H3,(H,23,25). The average Bonchev–Trinajstić information content (AvgIpc) is 3.12. The third kappa shape index (κ3) is 3.64. The predicted octanol–water partition coefficient (Wildman–Crippen LogP) is 5.41. The lowest BCUT2D eigenvalue weighted by Crippen LogP contribution is -2.11. The largest absolute Gasteiger partial charge is 0.497 e. The molecule has 6 heteroatoms. The zero-order valence-electron chi connectivity index (χ0n) is 14.4. The minimum Gasteiger partial charge on any atom is -0.497 e. The van der Waals surface area contributed by atoms with Crippen molar-refractivity contribution < 1.29 is 13.9 Å². The summed E-state index contributed by atoms with van der Waals surface area (Å²) in [5.41, 5.74) is 3.31. The van der Waals surface area contributed by atoms with E-state index in [1.54, 1.807) is 49.6 Å². The van der Waals surface area contributed by atoms with Crippen molar-refractivity contribution in [2.45, 2.75) is 0 Å². The molecule has 1 amide bonds. The highest BCUT2D eigenvalue weighted by atomic mass is 35.5. The van der Waals surface area contributed by atoms with Gasteiger partial charge in [-0.05, 0) is 66.7 Å². The number of rotatable bonds is 4. The van der Waals surface area contributed by atoms with Crippen LogP contribution in [0.25, 0.3) is 22.6 Å². The van der Waals surface area contributed by atoms with Crippen molar-refractivity contribution in [1.82, 2.24) is 4.98 Å². The summed E-state index contributed by atoms with van der Waals surface area (Å²) in [6, 6.07) is 19.5. The molecule has 1 N–H and O–H groups in total. The third-order valence-electron chi connectivity index (χ3n) is 4.09. The SMILES string of the molecule is COc1ccc(-c2nc3cc(NC(=O)c4ccc(Cl)cc4)ccc3o2)cc1. The van der Waals surface area contributed by atoms with E-state index in [-0.39, 0.29) is 5.91 Å². The van der Waals surface area contributed by atoms with Gasteiger partial charge in [0.2, 0.25) is 5.89 Å². The van der Waals surface area contributed by atoms with Crippen molar-refractivity contribution in [2.24, 2.45) is 0 Å². The lowest BCUT2D eigenvalue weighted by Gasteiger charge is -2.05. The minimum atomic E-state index is -0.218. The molecule has 0 saturated heterocycles. The lowest BCUT2D eigenvalue weighted by molar-refractivity contribution is 0.102. The van der Waals surface area contributed by atoms with Gasteiger partial charge in [0, 0.05) is 21.8 Å². The van der Waals surface area contributed by atoms with E-state index < -0.39 is 0 Å². The second-order valence-electron chi connectivity index (χ2n) is 5.89. The number of nitrogens with one attached hydrogen (secondary N) is 1. The van der Waals surface area contributed by atoms with E-state index in [4.69, 9.17) is 20.8 Å². The number of hydrogen-bond acceptors (Lipinski definition) is 4. The second kappa shape index (κ2) is 7.13. The van der Waals surface area contributed by atoms with Gasteiger partial charge in [0.25, 0.3) is 5.91 Å². The number of anilines is 1.